The first-order chi connectivity index (χ1) is 19.5. The Bertz CT molecular complexity index is 1460. The van der Waals surface area contributed by atoms with E-state index in [2.05, 4.69) is 10.2 Å². The summed E-state index contributed by atoms with van der Waals surface area (Å²) in [7, 11) is 0. The summed E-state index contributed by atoms with van der Waals surface area (Å²) in [5.41, 5.74) is 4.62. The second-order valence-electron chi connectivity index (χ2n) is 10.0. The smallest absolute Gasteiger partial charge is 0.241 e. The van der Waals surface area contributed by atoms with Crippen LogP contribution in [0.15, 0.2) is 103 Å². The Balaban J connectivity index is 0.00000387. The second kappa shape index (κ2) is 14.1. The molecule has 212 valence electrons. The maximum Gasteiger partial charge on any atom is 0.241 e. The number of nitrogens with zero attached hydrogens (tertiary/aromatic N) is 2. The zero-order chi connectivity index (χ0) is 27.9. The molecule has 4 aromatic rings. The highest BCUT2D eigenvalue weighted by atomic mass is 32.1. The monoisotopic (exact) mass is 569 g/mol. The zero-order valence-corrected chi connectivity index (χ0v) is 24.2. The fourth-order valence-corrected chi connectivity index (χ4v) is 5.45. The van der Waals surface area contributed by atoms with E-state index in [1.165, 1.54) is 6.07 Å². The lowest BCUT2D eigenvalue weighted by Gasteiger charge is -2.39. The van der Waals surface area contributed by atoms with Gasteiger partial charge in [-0.3, -0.25) is 14.5 Å². The van der Waals surface area contributed by atoms with E-state index in [9.17, 15) is 9.59 Å². The average Bonchev–Trinajstić information content (AvgIpc) is 2.99. The van der Waals surface area contributed by atoms with E-state index in [0.29, 0.717) is 49.5 Å². The van der Waals surface area contributed by atoms with Crippen molar-refractivity contribution < 1.29 is 14.0 Å². The lowest BCUT2D eigenvalue weighted by atomic mass is 9.94. The van der Waals surface area contributed by atoms with Crippen molar-refractivity contribution in [1.29, 1.82) is 0 Å². The molecule has 0 unspecified atom stereocenters. The van der Waals surface area contributed by atoms with E-state index in [1.807, 2.05) is 103 Å². The van der Waals surface area contributed by atoms with Crippen LogP contribution in [0.25, 0.3) is 11.1 Å². The molecule has 7 heteroatoms. The summed E-state index contributed by atoms with van der Waals surface area (Å²) in [4.78, 5) is 30.4. The quantitative estimate of drug-likeness (QED) is 0.250. The van der Waals surface area contributed by atoms with E-state index in [-0.39, 0.29) is 43.5 Å². The summed E-state index contributed by atoms with van der Waals surface area (Å²) in [6.07, 6.45) is 0.125. The first kappa shape index (κ1) is 30.0. The molecule has 1 heterocycles. The van der Waals surface area contributed by atoms with Gasteiger partial charge in [0.25, 0.3) is 0 Å². The summed E-state index contributed by atoms with van der Waals surface area (Å²) in [6.45, 7) is 4.95. The van der Waals surface area contributed by atoms with Crippen LogP contribution >= 0.6 is 13.5 Å². The first-order valence-corrected chi connectivity index (χ1v) is 13.8. The third kappa shape index (κ3) is 7.04. The third-order valence-corrected chi connectivity index (χ3v) is 7.42. The van der Waals surface area contributed by atoms with Gasteiger partial charge in [0.05, 0.1) is 5.69 Å². The largest absolute Gasteiger partial charge is 0.367 e. The van der Waals surface area contributed by atoms with Crippen molar-refractivity contribution in [2.24, 2.45) is 0 Å². The molecule has 0 bridgehead atoms. The number of carbonyl (C=O) groups is 2. The van der Waals surface area contributed by atoms with Crippen molar-refractivity contribution in [1.82, 2.24) is 10.2 Å². The average molecular weight is 570 g/mol. The standard InChI is InChI=1S/C34H34FN3O2.H2S/c1-2-36-34(40)33(27-13-7-4-8-14-27)38-21-19-37(20-22-38)31-18-17-25(23-30(31)35)24-32(39)29-16-10-9-15-28(29)26-11-5-3-6-12-26;/h3-18,23,33H,2,19-22,24H2,1H3,(H,36,40);1H2/t33-;/m0./s1. The Morgan fingerprint density at radius 3 is 2.12 bits per heavy atom. The number of piperazine rings is 1. The van der Waals surface area contributed by atoms with Crippen LogP contribution in [-0.4, -0.2) is 49.3 Å². The first-order valence-electron chi connectivity index (χ1n) is 13.8. The molecular weight excluding hydrogens is 533 g/mol. The van der Waals surface area contributed by atoms with Crippen LogP contribution in [0.5, 0.6) is 0 Å². The molecule has 1 saturated heterocycles. The number of benzene rings is 4. The summed E-state index contributed by atoms with van der Waals surface area (Å²) in [6, 6.07) is 31.9. The molecule has 1 aliphatic rings. The summed E-state index contributed by atoms with van der Waals surface area (Å²) in [5.74, 6) is -0.396. The van der Waals surface area contributed by atoms with Crippen molar-refractivity contribution in [3.05, 3.63) is 126 Å². The van der Waals surface area contributed by atoms with Gasteiger partial charge in [-0.2, -0.15) is 13.5 Å². The number of Topliss-reactive ketones (excluding diaryl/α,β-unsaturated/α-hetero) is 1. The number of carbonyl (C=O) groups excluding carboxylic acids is 2. The number of likely N-dealkylation sites (N-methyl/N-ethyl adjacent to an activating group) is 1. The summed E-state index contributed by atoms with van der Waals surface area (Å²) >= 11 is 0. The van der Waals surface area contributed by atoms with Crippen molar-refractivity contribution in [2.75, 3.05) is 37.6 Å². The number of nitrogens with one attached hydrogen (secondary N) is 1. The zero-order valence-electron chi connectivity index (χ0n) is 23.2. The van der Waals surface area contributed by atoms with Crippen LogP contribution in [-0.2, 0) is 11.2 Å². The Morgan fingerprint density at radius 1 is 0.829 bits per heavy atom. The van der Waals surface area contributed by atoms with Crippen molar-refractivity contribution in [3.63, 3.8) is 0 Å². The fraction of sp³-hybridized carbons (Fsp3) is 0.235. The van der Waals surface area contributed by atoms with Gasteiger partial charge in [-0.1, -0.05) is 91.0 Å². The molecule has 1 atom stereocenters. The van der Waals surface area contributed by atoms with Gasteiger partial charge >= 0.3 is 0 Å². The molecule has 1 fully saturated rings. The lowest BCUT2D eigenvalue weighted by Crippen LogP contribution is -2.51. The molecule has 41 heavy (non-hydrogen) atoms. The minimum Gasteiger partial charge on any atom is -0.367 e. The van der Waals surface area contributed by atoms with E-state index in [1.54, 1.807) is 6.07 Å². The second-order valence-corrected chi connectivity index (χ2v) is 10.0. The van der Waals surface area contributed by atoms with Crippen molar-refractivity contribution in [2.45, 2.75) is 19.4 Å². The Labute approximate surface area is 248 Å². The van der Waals surface area contributed by atoms with E-state index >= 15 is 4.39 Å². The van der Waals surface area contributed by atoms with E-state index in [0.717, 1.165) is 16.7 Å². The highest BCUT2D eigenvalue weighted by Gasteiger charge is 2.30. The summed E-state index contributed by atoms with van der Waals surface area (Å²) < 4.78 is 15.4. The molecular formula is C34H36FN3O2S. The molecule has 0 radical (unpaired) electrons. The Kier molecular flexibility index (Phi) is 10.3. The number of hydrogen-bond donors (Lipinski definition) is 1. The molecule has 5 nitrogen and oxygen atoms in total. The molecule has 4 aromatic carbocycles. The van der Waals surface area contributed by atoms with Crippen LogP contribution in [0.3, 0.4) is 0 Å². The molecule has 1 amide bonds. The van der Waals surface area contributed by atoms with E-state index < -0.39 is 0 Å². The predicted molar refractivity (Wildman–Crippen MR) is 168 cm³/mol. The molecule has 0 saturated carbocycles. The van der Waals surface area contributed by atoms with Gasteiger partial charge in [-0.05, 0) is 41.3 Å². The molecule has 1 N–H and O–H groups in total. The SMILES string of the molecule is CCNC(=O)[C@H](c1ccccc1)N1CCN(c2ccc(CC(=O)c3ccccc3-c3ccccc3)cc2F)CC1.S. The van der Waals surface area contributed by atoms with Gasteiger partial charge in [-0.25, -0.2) is 4.39 Å². The van der Waals surface area contributed by atoms with Crippen LogP contribution in [0.1, 0.15) is 34.5 Å². The number of hydrogen-bond acceptors (Lipinski definition) is 4. The minimum atomic E-state index is -0.375. The van der Waals surface area contributed by atoms with E-state index in [4.69, 9.17) is 0 Å². The van der Waals surface area contributed by atoms with Gasteiger partial charge in [0.2, 0.25) is 5.91 Å². The van der Waals surface area contributed by atoms with Gasteiger partial charge < -0.3 is 10.2 Å². The van der Waals surface area contributed by atoms with Gasteiger partial charge in [0, 0.05) is 44.7 Å². The maximum absolute atomic E-state index is 15.4. The third-order valence-electron chi connectivity index (χ3n) is 7.42. The number of anilines is 1. The predicted octanol–water partition coefficient (Wildman–Crippen LogP) is 6.03. The molecule has 0 spiro atoms. The minimum absolute atomic E-state index is 0. The maximum atomic E-state index is 15.4. The van der Waals surface area contributed by atoms with Gasteiger partial charge in [-0.15, -0.1) is 0 Å². The van der Waals surface area contributed by atoms with Crippen molar-refractivity contribution in [3.8, 4) is 11.1 Å². The number of halogens is 1. The molecule has 0 aliphatic carbocycles. The highest BCUT2D eigenvalue weighted by molar-refractivity contribution is 7.59. The highest BCUT2D eigenvalue weighted by Crippen LogP contribution is 2.28. The fourth-order valence-electron chi connectivity index (χ4n) is 5.45. The number of amides is 1. The van der Waals surface area contributed by atoms with Gasteiger partial charge in [0.1, 0.15) is 11.9 Å². The van der Waals surface area contributed by atoms with Crippen LogP contribution in [0.4, 0.5) is 10.1 Å². The molecule has 5 rings (SSSR count). The molecule has 1 aliphatic heterocycles. The number of ketones is 1. The van der Waals surface area contributed by atoms with Gasteiger partial charge in [0.15, 0.2) is 5.78 Å². The number of rotatable bonds is 9. The van der Waals surface area contributed by atoms with Crippen LogP contribution in [0, 0.1) is 5.82 Å². The lowest BCUT2D eigenvalue weighted by molar-refractivity contribution is -0.126. The van der Waals surface area contributed by atoms with Crippen molar-refractivity contribution >= 4 is 30.9 Å². The summed E-state index contributed by atoms with van der Waals surface area (Å²) in [5, 5.41) is 2.96. The Hall–Kier alpha value is -3.94. The topological polar surface area (TPSA) is 52.7 Å². The normalized spacial score (nSPS) is 14.1. The van der Waals surface area contributed by atoms with Crippen LogP contribution < -0.4 is 10.2 Å². The van der Waals surface area contributed by atoms with Crippen LogP contribution in [0.2, 0.25) is 0 Å². The molecule has 0 aromatic heterocycles. The Morgan fingerprint density at radius 2 is 1.46 bits per heavy atom.